The van der Waals surface area contributed by atoms with Gasteiger partial charge in [-0.25, -0.2) is 0 Å². The number of rotatable bonds is 11. The van der Waals surface area contributed by atoms with Crippen LogP contribution >= 0.6 is 0 Å². The number of benzene rings is 1. The third kappa shape index (κ3) is 5.93. The zero-order valence-electron chi connectivity index (χ0n) is 12.4. The molecule has 0 atom stereocenters. The number of quaternary nitrogens is 1. The second-order valence-electron chi connectivity index (χ2n) is 4.69. The first kappa shape index (κ1) is 16.3. The number of nitrogens with one attached hydrogen (secondary N) is 1. The zero-order valence-corrected chi connectivity index (χ0v) is 12.4. The Morgan fingerprint density at radius 3 is 2.30 bits per heavy atom. The van der Waals surface area contributed by atoms with Crippen LogP contribution in [0.1, 0.15) is 12.8 Å². The highest BCUT2D eigenvalue weighted by atomic mass is 16.5. The molecule has 0 amide bonds. The van der Waals surface area contributed by atoms with Gasteiger partial charge in [-0.1, -0.05) is 25.3 Å². The molecule has 0 aliphatic carbocycles. The van der Waals surface area contributed by atoms with Crippen LogP contribution in [-0.4, -0.2) is 33.4 Å². The lowest BCUT2D eigenvalue weighted by Crippen LogP contribution is -3.11. The topological polar surface area (TPSA) is 22.9 Å². The number of unbranched alkanes of at least 4 members (excludes halogenated alkanes) is 1. The smallest absolute Gasteiger partial charge is 0.161 e. The Kier molecular flexibility index (Phi) is 8.24. The summed E-state index contributed by atoms with van der Waals surface area (Å²) >= 11 is 0. The minimum absolute atomic E-state index is 0.718. The van der Waals surface area contributed by atoms with Crippen LogP contribution < -0.4 is 14.4 Å². The highest BCUT2D eigenvalue weighted by Crippen LogP contribution is 2.25. The van der Waals surface area contributed by atoms with E-state index in [9.17, 15) is 0 Å². The van der Waals surface area contributed by atoms with Crippen molar-refractivity contribution in [2.24, 2.45) is 0 Å². The maximum atomic E-state index is 5.76. The van der Waals surface area contributed by atoms with Crippen LogP contribution in [0.4, 0.5) is 0 Å². The van der Waals surface area contributed by atoms with Gasteiger partial charge < -0.3 is 14.4 Å². The average Bonchev–Trinajstić information content (AvgIpc) is 2.47. The van der Waals surface area contributed by atoms with Gasteiger partial charge in [-0.3, -0.25) is 0 Å². The predicted octanol–water partition coefficient (Wildman–Crippen LogP) is 2.11. The Morgan fingerprint density at radius 2 is 1.70 bits per heavy atom. The van der Waals surface area contributed by atoms with Crippen molar-refractivity contribution in [2.45, 2.75) is 12.8 Å². The molecule has 1 N–H and O–H groups in total. The molecule has 20 heavy (non-hydrogen) atoms. The van der Waals surface area contributed by atoms with E-state index in [1.54, 1.807) is 7.11 Å². The molecule has 0 radical (unpaired) electrons. The Bertz CT molecular complexity index is 394. The molecule has 0 bridgehead atoms. The molecule has 1 rings (SSSR count). The van der Waals surface area contributed by atoms with Crippen molar-refractivity contribution < 1.29 is 14.4 Å². The van der Waals surface area contributed by atoms with Gasteiger partial charge in [-0.2, -0.15) is 0 Å². The summed E-state index contributed by atoms with van der Waals surface area (Å²) in [7, 11) is 1.66. The molecule has 0 saturated carbocycles. The fourth-order valence-electron chi connectivity index (χ4n) is 2.09. The number of hydrogen-bond acceptors (Lipinski definition) is 2. The van der Waals surface area contributed by atoms with Crippen LogP contribution in [0.25, 0.3) is 0 Å². The fourth-order valence-corrected chi connectivity index (χ4v) is 2.09. The van der Waals surface area contributed by atoms with Crippen LogP contribution in [0.5, 0.6) is 11.5 Å². The standard InChI is InChI=1S/C17H25NO2/c1-4-12-18(13-5-2)14-8-9-15-20-17-11-7-6-10-16(17)19-3/h4-7,10-11H,1-2,8-9,12-15H2,3H3/p+1. The van der Waals surface area contributed by atoms with E-state index < -0.39 is 0 Å². The van der Waals surface area contributed by atoms with E-state index in [4.69, 9.17) is 9.47 Å². The molecule has 0 saturated heterocycles. The number of ether oxygens (including phenoxy) is 2. The quantitative estimate of drug-likeness (QED) is 0.494. The molecule has 110 valence electrons. The Labute approximate surface area is 122 Å². The molecule has 0 unspecified atom stereocenters. The second-order valence-corrected chi connectivity index (χ2v) is 4.69. The van der Waals surface area contributed by atoms with Gasteiger partial charge in [0.05, 0.1) is 33.4 Å². The monoisotopic (exact) mass is 276 g/mol. The Morgan fingerprint density at radius 1 is 1.05 bits per heavy atom. The van der Waals surface area contributed by atoms with Crippen LogP contribution in [0, 0.1) is 0 Å². The summed E-state index contributed by atoms with van der Waals surface area (Å²) in [5, 5.41) is 0. The third-order valence-electron chi connectivity index (χ3n) is 3.12. The zero-order chi connectivity index (χ0) is 14.6. The second kappa shape index (κ2) is 10.1. The van der Waals surface area contributed by atoms with E-state index in [1.165, 1.54) is 4.90 Å². The molecular formula is C17H26NO2+. The third-order valence-corrected chi connectivity index (χ3v) is 3.12. The summed E-state index contributed by atoms with van der Waals surface area (Å²) in [4.78, 5) is 1.49. The van der Waals surface area contributed by atoms with Gasteiger partial charge in [-0.05, 0) is 37.1 Å². The minimum atomic E-state index is 0.718. The summed E-state index contributed by atoms with van der Waals surface area (Å²) in [5.41, 5.74) is 0. The van der Waals surface area contributed by atoms with Crippen molar-refractivity contribution in [3.63, 3.8) is 0 Å². The van der Waals surface area contributed by atoms with E-state index in [2.05, 4.69) is 13.2 Å². The van der Waals surface area contributed by atoms with E-state index in [-0.39, 0.29) is 0 Å². The molecular weight excluding hydrogens is 250 g/mol. The highest BCUT2D eigenvalue weighted by Gasteiger charge is 2.05. The van der Waals surface area contributed by atoms with E-state index in [1.807, 2.05) is 36.4 Å². The van der Waals surface area contributed by atoms with E-state index >= 15 is 0 Å². The summed E-state index contributed by atoms with van der Waals surface area (Å²) < 4.78 is 11.0. The summed E-state index contributed by atoms with van der Waals surface area (Å²) in [6.45, 7) is 11.4. The minimum Gasteiger partial charge on any atom is -0.493 e. The van der Waals surface area contributed by atoms with Crippen molar-refractivity contribution in [1.29, 1.82) is 0 Å². The fraction of sp³-hybridized carbons (Fsp3) is 0.412. The van der Waals surface area contributed by atoms with E-state index in [0.29, 0.717) is 0 Å². The van der Waals surface area contributed by atoms with E-state index in [0.717, 1.165) is 50.6 Å². The maximum absolute atomic E-state index is 5.76. The summed E-state index contributed by atoms with van der Waals surface area (Å²) in [6.07, 6.45) is 6.09. The van der Waals surface area contributed by atoms with Crippen molar-refractivity contribution in [1.82, 2.24) is 0 Å². The first-order valence-corrected chi connectivity index (χ1v) is 7.13. The van der Waals surface area contributed by atoms with Crippen molar-refractivity contribution in [3.8, 4) is 11.5 Å². The highest BCUT2D eigenvalue weighted by molar-refractivity contribution is 5.39. The van der Waals surface area contributed by atoms with Crippen LogP contribution in [0.15, 0.2) is 49.6 Å². The summed E-state index contributed by atoms with van der Waals surface area (Å²) in [5.74, 6) is 1.61. The van der Waals surface area contributed by atoms with Gasteiger partial charge >= 0.3 is 0 Å². The molecule has 0 aromatic heterocycles. The van der Waals surface area contributed by atoms with Gasteiger partial charge in [-0.15, -0.1) is 0 Å². The van der Waals surface area contributed by atoms with Crippen molar-refractivity contribution in [2.75, 3.05) is 33.4 Å². The predicted molar refractivity (Wildman–Crippen MR) is 83.7 cm³/mol. The first-order chi connectivity index (χ1) is 9.81. The van der Waals surface area contributed by atoms with Gasteiger partial charge in [0.1, 0.15) is 0 Å². The lowest BCUT2D eigenvalue weighted by molar-refractivity contribution is -0.888. The lowest BCUT2D eigenvalue weighted by atomic mass is 10.3. The molecule has 0 fully saturated rings. The van der Waals surface area contributed by atoms with Crippen LogP contribution in [-0.2, 0) is 0 Å². The lowest BCUT2D eigenvalue weighted by Gasteiger charge is -2.16. The molecule has 3 heteroatoms. The average molecular weight is 276 g/mol. The largest absolute Gasteiger partial charge is 0.493 e. The van der Waals surface area contributed by atoms with Crippen LogP contribution in [0.3, 0.4) is 0 Å². The van der Waals surface area contributed by atoms with Gasteiger partial charge in [0, 0.05) is 0 Å². The summed E-state index contributed by atoms with van der Waals surface area (Å²) in [6, 6.07) is 7.75. The molecule has 0 aliphatic rings. The molecule has 0 heterocycles. The van der Waals surface area contributed by atoms with Crippen molar-refractivity contribution in [3.05, 3.63) is 49.6 Å². The Balaban J connectivity index is 2.24. The molecule has 0 spiro atoms. The molecule has 0 aliphatic heterocycles. The SMILES string of the molecule is C=CC[NH+](CC=C)CCCCOc1ccccc1OC. The molecule has 1 aromatic carbocycles. The van der Waals surface area contributed by atoms with Gasteiger partial charge in [0.25, 0.3) is 0 Å². The van der Waals surface area contributed by atoms with Gasteiger partial charge in [0.2, 0.25) is 0 Å². The number of methoxy groups -OCH3 is 1. The first-order valence-electron chi connectivity index (χ1n) is 7.13. The number of hydrogen-bond donors (Lipinski definition) is 1. The molecule has 3 nitrogen and oxygen atoms in total. The van der Waals surface area contributed by atoms with Crippen molar-refractivity contribution >= 4 is 0 Å². The normalized spacial score (nSPS) is 10.3. The maximum Gasteiger partial charge on any atom is 0.161 e. The number of para-hydroxylation sites is 2. The Hall–Kier alpha value is -1.74. The van der Waals surface area contributed by atoms with Crippen LogP contribution in [0.2, 0.25) is 0 Å². The van der Waals surface area contributed by atoms with Gasteiger partial charge in [0.15, 0.2) is 11.5 Å². The molecule has 1 aromatic rings.